The van der Waals surface area contributed by atoms with Crippen LogP contribution in [0.15, 0.2) is 45.7 Å². The Morgan fingerprint density at radius 2 is 2.00 bits per heavy atom. The molecule has 0 atom stereocenters. The van der Waals surface area contributed by atoms with Gasteiger partial charge in [0.05, 0.1) is 17.9 Å². The molecule has 0 fully saturated rings. The summed E-state index contributed by atoms with van der Waals surface area (Å²) in [4.78, 5) is 25.2. The van der Waals surface area contributed by atoms with E-state index in [2.05, 4.69) is 15.5 Å². The van der Waals surface area contributed by atoms with Crippen molar-refractivity contribution in [1.29, 1.82) is 0 Å². The van der Waals surface area contributed by atoms with Crippen molar-refractivity contribution in [3.05, 3.63) is 46.1 Å². The van der Waals surface area contributed by atoms with Gasteiger partial charge in [-0.25, -0.2) is 0 Å². The van der Waals surface area contributed by atoms with Crippen LogP contribution in [0.3, 0.4) is 0 Å². The number of hydrogen-bond acceptors (Lipinski definition) is 7. The van der Waals surface area contributed by atoms with Crippen molar-refractivity contribution in [2.24, 2.45) is 0 Å². The molecule has 1 amide bonds. The van der Waals surface area contributed by atoms with Crippen LogP contribution in [0.1, 0.15) is 20.3 Å². The number of carbonyl (C=O) groups is 1. The van der Waals surface area contributed by atoms with Crippen LogP contribution in [0.4, 0.5) is 5.69 Å². The SMILES string of the molecule is CCCn1c(=O)c2sccc2n2c(SCC(=O)Nc3ccc(OCC)cc3)nnc12. The molecular formula is C20H21N5O3S2. The van der Waals surface area contributed by atoms with Crippen LogP contribution in [0.2, 0.25) is 0 Å². The van der Waals surface area contributed by atoms with Crippen LogP contribution >= 0.6 is 23.1 Å². The van der Waals surface area contributed by atoms with Gasteiger partial charge in [-0.15, -0.1) is 21.5 Å². The number of nitrogens with zero attached hydrogens (tertiary/aromatic N) is 4. The summed E-state index contributed by atoms with van der Waals surface area (Å²) in [6.07, 6.45) is 0.812. The molecule has 4 aromatic rings. The minimum atomic E-state index is -0.149. The number of hydrogen-bond donors (Lipinski definition) is 1. The number of ether oxygens (including phenoxy) is 1. The zero-order chi connectivity index (χ0) is 21.1. The van der Waals surface area contributed by atoms with E-state index < -0.39 is 0 Å². The van der Waals surface area contributed by atoms with E-state index in [1.807, 2.05) is 41.8 Å². The maximum absolute atomic E-state index is 12.7. The second-order valence-electron chi connectivity index (χ2n) is 6.50. The Bertz CT molecular complexity index is 1240. The van der Waals surface area contributed by atoms with Crippen LogP contribution in [0.5, 0.6) is 5.75 Å². The first-order valence-corrected chi connectivity index (χ1v) is 11.5. The molecule has 8 nitrogen and oxygen atoms in total. The molecule has 0 aliphatic heterocycles. The third kappa shape index (κ3) is 3.92. The summed E-state index contributed by atoms with van der Waals surface area (Å²) in [6, 6.07) is 9.13. The van der Waals surface area contributed by atoms with Gasteiger partial charge in [0, 0.05) is 12.2 Å². The molecule has 0 saturated heterocycles. The highest BCUT2D eigenvalue weighted by atomic mass is 32.2. The predicted molar refractivity (Wildman–Crippen MR) is 120 cm³/mol. The largest absolute Gasteiger partial charge is 0.494 e. The van der Waals surface area contributed by atoms with Gasteiger partial charge in [-0.3, -0.25) is 18.6 Å². The van der Waals surface area contributed by atoms with Crippen molar-refractivity contribution in [2.45, 2.75) is 32.0 Å². The van der Waals surface area contributed by atoms with E-state index in [0.717, 1.165) is 17.7 Å². The number of amides is 1. The van der Waals surface area contributed by atoms with Crippen molar-refractivity contribution in [3.63, 3.8) is 0 Å². The van der Waals surface area contributed by atoms with Gasteiger partial charge in [-0.05, 0) is 49.1 Å². The van der Waals surface area contributed by atoms with Crippen molar-refractivity contribution in [2.75, 3.05) is 17.7 Å². The minimum Gasteiger partial charge on any atom is -0.494 e. The van der Waals surface area contributed by atoms with Gasteiger partial charge in [-0.2, -0.15) is 0 Å². The summed E-state index contributed by atoms with van der Waals surface area (Å²) in [5.41, 5.74) is 1.42. The highest BCUT2D eigenvalue weighted by molar-refractivity contribution is 7.99. The lowest BCUT2D eigenvalue weighted by Crippen LogP contribution is -2.22. The Hall–Kier alpha value is -2.85. The second-order valence-corrected chi connectivity index (χ2v) is 8.36. The predicted octanol–water partition coefficient (Wildman–Crippen LogP) is 3.65. The van der Waals surface area contributed by atoms with Gasteiger partial charge >= 0.3 is 0 Å². The van der Waals surface area contributed by atoms with Gasteiger partial charge in [0.25, 0.3) is 5.56 Å². The number of anilines is 1. The third-order valence-corrected chi connectivity index (χ3v) is 6.23. The fourth-order valence-electron chi connectivity index (χ4n) is 3.15. The van der Waals surface area contributed by atoms with Crippen LogP contribution in [-0.4, -0.2) is 37.4 Å². The maximum Gasteiger partial charge on any atom is 0.272 e. The zero-order valence-electron chi connectivity index (χ0n) is 16.6. The molecule has 1 aromatic carbocycles. The summed E-state index contributed by atoms with van der Waals surface area (Å²) in [5, 5.41) is 13.8. The van der Waals surface area contributed by atoms with Gasteiger partial charge in [0.2, 0.25) is 11.7 Å². The number of carbonyl (C=O) groups excluding carboxylic acids is 1. The summed E-state index contributed by atoms with van der Waals surface area (Å²) in [5.74, 6) is 1.29. The minimum absolute atomic E-state index is 0.0495. The topological polar surface area (TPSA) is 90.5 Å². The van der Waals surface area contributed by atoms with E-state index in [1.54, 1.807) is 16.7 Å². The van der Waals surface area contributed by atoms with Crippen LogP contribution in [0.25, 0.3) is 16.0 Å². The van der Waals surface area contributed by atoms with Crippen LogP contribution in [0, 0.1) is 0 Å². The molecule has 0 aliphatic carbocycles. The first-order valence-electron chi connectivity index (χ1n) is 9.63. The van der Waals surface area contributed by atoms with Crippen molar-refractivity contribution < 1.29 is 9.53 Å². The van der Waals surface area contributed by atoms with E-state index in [4.69, 9.17) is 4.74 Å². The number of rotatable bonds is 8. The molecule has 1 N–H and O–H groups in total. The number of thiophene rings is 1. The number of fused-ring (bicyclic) bond motifs is 3. The maximum atomic E-state index is 12.7. The lowest BCUT2D eigenvalue weighted by atomic mass is 10.3. The monoisotopic (exact) mass is 443 g/mol. The van der Waals surface area contributed by atoms with E-state index in [9.17, 15) is 9.59 Å². The summed E-state index contributed by atoms with van der Waals surface area (Å²) < 4.78 is 9.58. The quantitative estimate of drug-likeness (QED) is 0.418. The Kier molecular flexibility index (Phi) is 6.05. The Labute approximate surface area is 180 Å². The highest BCUT2D eigenvalue weighted by Gasteiger charge is 2.18. The molecule has 10 heteroatoms. The molecule has 0 unspecified atom stereocenters. The third-order valence-electron chi connectivity index (χ3n) is 4.41. The van der Waals surface area contributed by atoms with Crippen molar-refractivity contribution in [1.82, 2.24) is 19.2 Å². The molecule has 156 valence electrons. The summed E-state index contributed by atoms with van der Waals surface area (Å²) in [6.45, 7) is 5.10. The fourth-order valence-corrected chi connectivity index (χ4v) is 4.71. The fraction of sp³-hybridized carbons (Fsp3) is 0.300. The number of nitrogens with one attached hydrogen (secondary N) is 1. The Morgan fingerprint density at radius 3 is 2.73 bits per heavy atom. The normalized spacial score (nSPS) is 11.3. The number of aryl methyl sites for hydroxylation is 1. The molecule has 0 bridgehead atoms. The lowest BCUT2D eigenvalue weighted by Gasteiger charge is -2.08. The summed E-state index contributed by atoms with van der Waals surface area (Å²) in [7, 11) is 0. The van der Waals surface area contributed by atoms with E-state index in [1.165, 1.54) is 23.1 Å². The molecule has 3 aromatic heterocycles. The Morgan fingerprint density at radius 1 is 1.20 bits per heavy atom. The molecular weight excluding hydrogens is 422 g/mol. The van der Waals surface area contributed by atoms with E-state index in [-0.39, 0.29) is 17.2 Å². The number of thioether (sulfide) groups is 1. The second kappa shape index (κ2) is 8.88. The average Bonchev–Trinajstić information content (AvgIpc) is 3.38. The smallest absolute Gasteiger partial charge is 0.272 e. The van der Waals surface area contributed by atoms with Gasteiger partial charge in [0.15, 0.2) is 5.16 Å². The van der Waals surface area contributed by atoms with E-state index in [0.29, 0.717) is 34.5 Å². The standard InChI is InChI=1S/C20H21N5O3S2/c1-3-10-24-18(27)17-15(9-11-29-17)25-19(24)22-23-20(25)30-12-16(26)21-13-5-7-14(8-6-13)28-4-2/h5-9,11H,3-4,10,12H2,1-2H3,(H,21,26). The molecule has 0 aliphatic rings. The highest BCUT2D eigenvalue weighted by Crippen LogP contribution is 2.24. The molecule has 30 heavy (non-hydrogen) atoms. The first kappa shape index (κ1) is 20.4. The van der Waals surface area contributed by atoms with E-state index >= 15 is 0 Å². The molecule has 0 radical (unpaired) electrons. The zero-order valence-corrected chi connectivity index (χ0v) is 18.3. The van der Waals surface area contributed by atoms with Gasteiger partial charge < -0.3 is 10.1 Å². The van der Waals surface area contributed by atoms with Gasteiger partial charge in [0.1, 0.15) is 10.4 Å². The Balaban J connectivity index is 1.54. The van der Waals surface area contributed by atoms with Crippen molar-refractivity contribution in [3.8, 4) is 5.75 Å². The number of benzene rings is 1. The first-order chi connectivity index (χ1) is 14.6. The average molecular weight is 444 g/mol. The molecule has 4 rings (SSSR count). The van der Waals surface area contributed by atoms with Gasteiger partial charge in [-0.1, -0.05) is 18.7 Å². The molecule has 0 saturated carbocycles. The molecule has 0 spiro atoms. The van der Waals surface area contributed by atoms with Crippen molar-refractivity contribution >= 4 is 50.7 Å². The summed E-state index contributed by atoms with van der Waals surface area (Å²) >= 11 is 2.69. The lowest BCUT2D eigenvalue weighted by molar-refractivity contribution is -0.113. The van der Waals surface area contributed by atoms with Crippen LogP contribution in [-0.2, 0) is 11.3 Å². The van der Waals surface area contributed by atoms with Crippen LogP contribution < -0.4 is 15.6 Å². The number of aromatic nitrogens is 4. The molecule has 3 heterocycles.